The molecule has 3 aromatic heterocycles. The molecule has 108 heavy (non-hydrogen) atoms. The van der Waals surface area contributed by atoms with Gasteiger partial charge in [0.15, 0.2) is 16.3 Å². The summed E-state index contributed by atoms with van der Waals surface area (Å²) >= 11 is 38.1. The van der Waals surface area contributed by atoms with Gasteiger partial charge in [-0.1, -0.05) is 169 Å². The Bertz CT molecular complexity index is 5660. The zero-order chi connectivity index (χ0) is 79.1. The van der Waals surface area contributed by atoms with Gasteiger partial charge in [0.25, 0.3) is 0 Å². The number of aromatic carboxylic acids is 2. The van der Waals surface area contributed by atoms with Gasteiger partial charge in [-0.2, -0.15) is 0 Å². The smallest absolute Gasteiger partial charge is 0.337 e. The zero-order valence-corrected chi connectivity index (χ0v) is 69.0. The molecule has 0 saturated carbocycles. The molecular formula is C82H73BrCl5I2N5O13. The number of benzene rings is 10. The minimum absolute atomic E-state index is 0.0193. The standard InChI is InChI=1S/C18H15BrClNO3.C18H16ClNO3.C14H12ClNO2.C14H10ClNO.C7H6ClI.C7H7NO2.C4H7IO2/c1-2-24-16(22)10-21-15-6-4-3-5-11(15)18(23)12-7-8-14(20)13(9-19)17(12)21;1-3-23-16(21)10-20-15-7-5-4-6-12(15)18(22)13-8-9-14(19)11(2)17(13)20;1-9-11(15)6-4-8-12(9)16-13-7-3-2-5-10(13)14(17)18;1-8-11(15)7-6-10-13(8)16-12-5-3-2-4-9(12)14(10)17;1-5-6(8)3-2-4-7(5)9;8-6-4-2-1-3-5(6)7(9)10;1-2-7-4(6)3-5/h3-8H,2,9-10H2,1H3;4-9H,3,10H2,1-2H3;2-8,16H,1H3,(H,17,18);2-7H,1H3,(H,16,17);2-4H,1H3;1-4H,8H2,(H,9,10);2-3H2,1H3. The highest BCUT2D eigenvalue weighted by Gasteiger charge is 2.20. The number of carbonyl (C=O) groups is 5. The van der Waals surface area contributed by atoms with E-state index < -0.39 is 11.9 Å². The Morgan fingerprint density at radius 3 is 1.40 bits per heavy atom. The van der Waals surface area contributed by atoms with Crippen LogP contribution in [0.4, 0.5) is 17.1 Å². The lowest BCUT2D eigenvalue weighted by Crippen LogP contribution is -2.19. The minimum Gasteiger partial charge on any atom is -0.478 e. The number of hydrogen-bond acceptors (Lipinski definition) is 13. The lowest BCUT2D eigenvalue weighted by molar-refractivity contribution is -0.144. The molecule has 0 aliphatic carbocycles. The maximum atomic E-state index is 12.8. The summed E-state index contributed by atoms with van der Waals surface area (Å²) in [6.45, 7) is 14.1. The molecule has 0 spiro atoms. The Hall–Kier alpha value is -9.05. The molecule has 13 rings (SSSR count). The second kappa shape index (κ2) is 41.5. The van der Waals surface area contributed by atoms with Crippen LogP contribution in [0.15, 0.2) is 209 Å². The molecule has 13 aromatic rings. The van der Waals surface area contributed by atoms with Crippen molar-refractivity contribution >= 4 is 231 Å². The van der Waals surface area contributed by atoms with Gasteiger partial charge in [-0.3, -0.25) is 28.8 Å². The number of pyridine rings is 3. The molecule has 10 aromatic carbocycles. The van der Waals surface area contributed by atoms with Crippen molar-refractivity contribution in [2.45, 2.75) is 66.9 Å². The van der Waals surface area contributed by atoms with Crippen LogP contribution in [0.25, 0.3) is 65.4 Å². The number of aromatic nitrogens is 3. The summed E-state index contributed by atoms with van der Waals surface area (Å²) < 4.78 is 20.0. The number of alkyl halides is 2. The average molecular weight is 1850 g/mol. The number of rotatable bonds is 13. The molecule has 0 fully saturated rings. The van der Waals surface area contributed by atoms with Crippen LogP contribution in [0.5, 0.6) is 0 Å². The maximum Gasteiger partial charge on any atom is 0.337 e. The second-order valence-electron chi connectivity index (χ2n) is 23.3. The van der Waals surface area contributed by atoms with Crippen LogP contribution < -0.4 is 27.3 Å². The number of nitrogens with two attached hydrogens (primary N) is 1. The highest BCUT2D eigenvalue weighted by atomic mass is 127. The van der Waals surface area contributed by atoms with Gasteiger partial charge in [0.05, 0.1) is 68.6 Å². The van der Waals surface area contributed by atoms with Crippen molar-refractivity contribution in [2.75, 3.05) is 35.3 Å². The van der Waals surface area contributed by atoms with Gasteiger partial charge in [0.2, 0.25) is 0 Å². The largest absolute Gasteiger partial charge is 0.478 e. The van der Waals surface area contributed by atoms with E-state index in [0.29, 0.717) is 115 Å². The summed E-state index contributed by atoms with van der Waals surface area (Å²) in [5, 5.41) is 28.1. The first-order valence-corrected chi connectivity index (χ1v) is 38.8. The number of carbonyl (C=O) groups excluding carboxylic acids is 3. The number of aromatic amines is 1. The number of esters is 3. The third-order valence-corrected chi connectivity index (χ3v) is 20.7. The number of anilines is 3. The van der Waals surface area contributed by atoms with Gasteiger partial charge in [-0.05, 0) is 215 Å². The predicted octanol–water partition coefficient (Wildman–Crippen LogP) is 20.9. The van der Waals surface area contributed by atoms with E-state index in [1.54, 1.807) is 118 Å². The van der Waals surface area contributed by atoms with Gasteiger partial charge in [0.1, 0.15) is 13.1 Å². The molecule has 0 radical (unpaired) electrons. The summed E-state index contributed by atoms with van der Waals surface area (Å²) in [6.07, 6.45) is 0. The number of para-hydroxylation sites is 5. The number of fused-ring (bicyclic) bond motifs is 6. The van der Waals surface area contributed by atoms with Gasteiger partial charge >= 0.3 is 29.8 Å². The summed E-state index contributed by atoms with van der Waals surface area (Å²) in [4.78, 5) is 96.9. The topological polar surface area (TPSA) is 268 Å². The molecule has 0 saturated heterocycles. The summed E-state index contributed by atoms with van der Waals surface area (Å²) in [5.41, 5.74) is 16.2. The van der Waals surface area contributed by atoms with Crippen molar-refractivity contribution < 1.29 is 48.4 Å². The third-order valence-electron chi connectivity index (χ3n) is 16.4. The number of carboxylic acid groups (broad SMARTS) is 2. The van der Waals surface area contributed by atoms with Crippen molar-refractivity contribution in [1.82, 2.24) is 14.1 Å². The number of ether oxygens (including phenoxy) is 3. The van der Waals surface area contributed by atoms with Crippen molar-refractivity contribution in [2.24, 2.45) is 0 Å². The van der Waals surface area contributed by atoms with E-state index in [1.165, 1.54) is 15.2 Å². The molecule has 0 unspecified atom stereocenters. The number of nitrogens with one attached hydrogen (secondary N) is 2. The lowest BCUT2D eigenvalue weighted by Gasteiger charge is -2.17. The molecule has 0 aliphatic heterocycles. The SMILES string of the molecule is CCOC(=O)CI.CCOC(=O)Cn1c2ccccc2c(=O)c2ccc(Cl)c(C)c21.CCOC(=O)Cn1c2ccccc2c(=O)c2ccc(Cl)c(CBr)c21.Cc1c(Cl)ccc2c(=O)c3ccccc3[nH]c12.Cc1c(Cl)cccc1I.Cc1c(Cl)cccc1Nc1ccccc1C(=O)O.Nc1ccccc1C(=O)O. The summed E-state index contributed by atoms with van der Waals surface area (Å²) in [7, 11) is 0. The fraction of sp³-hybridized carbons (Fsp3) is 0.171. The van der Waals surface area contributed by atoms with Crippen LogP contribution in [-0.2, 0) is 47.0 Å². The number of aryl methyl sites for hydroxylation is 2. The Labute approximate surface area is 682 Å². The minimum atomic E-state index is -0.988. The molecule has 18 nitrogen and oxygen atoms in total. The van der Waals surface area contributed by atoms with Crippen LogP contribution in [-0.4, -0.2) is 78.4 Å². The van der Waals surface area contributed by atoms with Crippen molar-refractivity contribution in [1.29, 1.82) is 0 Å². The van der Waals surface area contributed by atoms with E-state index in [2.05, 4.69) is 53.6 Å². The molecule has 0 amide bonds. The fourth-order valence-corrected chi connectivity index (χ4v) is 13.5. The molecular weight excluding hydrogens is 1770 g/mol. The Morgan fingerprint density at radius 1 is 0.463 bits per heavy atom. The normalized spacial score (nSPS) is 10.5. The van der Waals surface area contributed by atoms with Crippen molar-refractivity contribution in [3.05, 3.63) is 292 Å². The first kappa shape index (κ1) is 86.2. The van der Waals surface area contributed by atoms with Crippen LogP contribution in [0.1, 0.15) is 69.3 Å². The molecule has 6 N–H and O–H groups in total. The highest BCUT2D eigenvalue weighted by molar-refractivity contribution is 14.1. The Balaban J connectivity index is 0.000000182. The van der Waals surface area contributed by atoms with Crippen LogP contribution in [0.3, 0.4) is 0 Å². The van der Waals surface area contributed by atoms with E-state index in [1.807, 2.05) is 150 Å². The van der Waals surface area contributed by atoms with Gasteiger partial charge in [0, 0.05) is 88.8 Å². The van der Waals surface area contributed by atoms with Crippen LogP contribution in [0, 0.1) is 31.3 Å². The maximum absolute atomic E-state index is 12.8. The predicted molar refractivity (Wildman–Crippen MR) is 459 cm³/mol. The Morgan fingerprint density at radius 2 is 0.889 bits per heavy atom. The zero-order valence-electron chi connectivity index (χ0n) is 59.3. The second-order valence-corrected chi connectivity index (χ2v) is 27.8. The molecule has 560 valence electrons. The van der Waals surface area contributed by atoms with E-state index in [4.69, 9.17) is 83.4 Å². The van der Waals surface area contributed by atoms with E-state index >= 15 is 0 Å². The number of nitrogen functional groups attached to an aromatic ring is 1. The first-order chi connectivity index (χ1) is 51.6. The Kier molecular flexibility index (Phi) is 33.1. The van der Waals surface area contributed by atoms with Crippen molar-refractivity contribution in [3.8, 4) is 0 Å². The quantitative estimate of drug-likeness (QED) is 0.0179. The van der Waals surface area contributed by atoms with E-state index in [-0.39, 0.29) is 58.4 Å². The fourth-order valence-electron chi connectivity index (χ4n) is 11.0. The molecule has 26 heteroatoms. The van der Waals surface area contributed by atoms with Gasteiger partial charge in [-0.25, -0.2) is 9.59 Å². The monoisotopic (exact) mass is 1840 g/mol. The molecule has 3 heterocycles. The number of carboxylic acids is 2. The van der Waals surface area contributed by atoms with Crippen LogP contribution in [0.2, 0.25) is 25.1 Å². The number of H-pyrrole nitrogens is 1. The first-order valence-electron chi connectivity index (χ1n) is 33.2. The van der Waals surface area contributed by atoms with Gasteiger partial charge in [-0.15, -0.1) is 0 Å². The lowest BCUT2D eigenvalue weighted by atomic mass is 10.1. The van der Waals surface area contributed by atoms with Crippen molar-refractivity contribution in [3.63, 3.8) is 0 Å². The van der Waals surface area contributed by atoms with Crippen LogP contribution >= 0.6 is 119 Å². The average Bonchev–Trinajstić information content (AvgIpc) is 0.610. The molecule has 0 aliphatic rings. The molecule has 0 atom stereocenters. The summed E-state index contributed by atoms with van der Waals surface area (Å²) in [6, 6.07) is 56.9. The highest BCUT2D eigenvalue weighted by Crippen LogP contribution is 2.33. The van der Waals surface area contributed by atoms with Gasteiger partial charge < -0.3 is 49.6 Å². The summed E-state index contributed by atoms with van der Waals surface area (Å²) in [5.74, 6) is -2.78. The third kappa shape index (κ3) is 21.9. The number of nitrogens with zero attached hydrogens (tertiary/aromatic N) is 2. The van der Waals surface area contributed by atoms with E-state index in [9.17, 15) is 38.4 Å². The number of halogens is 8. The van der Waals surface area contributed by atoms with E-state index in [0.717, 1.165) is 44.0 Å². The number of hydrogen-bond donors (Lipinski definition) is 5. The molecule has 0 bridgehead atoms.